The van der Waals surface area contributed by atoms with E-state index in [-0.39, 0.29) is 30.1 Å². The van der Waals surface area contributed by atoms with E-state index in [0.717, 1.165) is 10.4 Å². The summed E-state index contributed by atoms with van der Waals surface area (Å²) in [4.78, 5) is 10.0. The minimum Gasteiger partial charge on any atom is -0.258 e. The molecule has 0 unspecified atom stereocenters. The Kier molecular flexibility index (Phi) is 5.19. The van der Waals surface area contributed by atoms with Crippen LogP contribution >= 0.6 is 0 Å². The predicted octanol–water partition coefficient (Wildman–Crippen LogP) is 1.83. The van der Waals surface area contributed by atoms with Gasteiger partial charge in [-0.05, 0) is 12.5 Å². The summed E-state index contributed by atoms with van der Waals surface area (Å²) in [5.74, 6) is 0. The van der Waals surface area contributed by atoms with Crippen LogP contribution in [0.2, 0.25) is 0 Å². The predicted molar refractivity (Wildman–Crippen MR) is 72.5 cm³/mol. The zero-order valence-electron chi connectivity index (χ0n) is 11.2. The summed E-state index contributed by atoms with van der Waals surface area (Å²) in [6.45, 7) is 3.50. The maximum Gasteiger partial charge on any atom is 0.270 e. The van der Waals surface area contributed by atoms with Crippen molar-refractivity contribution < 1.29 is 13.3 Å². The Balaban J connectivity index is 3.30. The third-order valence-electron chi connectivity index (χ3n) is 2.83. The molecule has 0 aromatic heterocycles. The van der Waals surface area contributed by atoms with Crippen LogP contribution in [0.15, 0.2) is 23.1 Å². The van der Waals surface area contributed by atoms with Gasteiger partial charge in [-0.2, -0.15) is 9.57 Å². The lowest BCUT2D eigenvalue weighted by atomic mass is 10.2. The van der Waals surface area contributed by atoms with Gasteiger partial charge in [-0.3, -0.25) is 10.1 Å². The van der Waals surface area contributed by atoms with E-state index in [9.17, 15) is 18.5 Å². The van der Waals surface area contributed by atoms with E-state index in [2.05, 4.69) is 0 Å². The topological polar surface area (TPSA) is 104 Å². The second-order valence-corrected chi connectivity index (χ2v) is 6.02. The van der Waals surface area contributed by atoms with Crippen LogP contribution in [0, 0.1) is 28.4 Å². The van der Waals surface area contributed by atoms with Crippen molar-refractivity contribution in [1.82, 2.24) is 4.31 Å². The molecular weight excluding hydrogens is 282 g/mol. The first kappa shape index (κ1) is 16.1. The van der Waals surface area contributed by atoms with Crippen LogP contribution < -0.4 is 0 Å². The van der Waals surface area contributed by atoms with E-state index < -0.39 is 14.9 Å². The van der Waals surface area contributed by atoms with Crippen molar-refractivity contribution in [2.45, 2.75) is 25.2 Å². The highest BCUT2D eigenvalue weighted by Gasteiger charge is 2.26. The molecule has 20 heavy (non-hydrogen) atoms. The minimum absolute atomic E-state index is 0.0669. The van der Waals surface area contributed by atoms with E-state index in [1.54, 1.807) is 13.8 Å². The summed E-state index contributed by atoms with van der Waals surface area (Å²) in [6.07, 6.45) is 0.0705. The maximum absolute atomic E-state index is 12.5. The van der Waals surface area contributed by atoms with Crippen LogP contribution in [0.4, 0.5) is 5.69 Å². The van der Waals surface area contributed by atoms with Gasteiger partial charge in [-0.1, -0.05) is 13.0 Å². The molecular formula is C12H15N3O4S. The van der Waals surface area contributed by atoms with Gasteiger partial charge in [-0.25, -0.2) is 8.42 Å². The standard InChI is InChI=1S/C12H15N3O4S/c1-3-14(8-4-7-13)20(18,19)12-9-11(15(16)17)6-5-10(12)2/h5-6,9H,3-4,8H2,1-2H3. The highest BCUT2D eigenvalue weighted by molar-refractivity contribution is 7.89. The second kappa shape index (κ2) is 6.45. The number of nitriles is 1. The number of hydrogen-bond donors (Lipinski definition) is 0. The fourth-order valence-electron chi connectivity index (χ4n) is 1.74. The number of aryl methyl sites for hydroxylation is 1. The van der Waals surface area contributed by atoms with Crippen LogP contribution in [0.25, 0.3) is 0 Å². The van der Waals surface area contributed by atoms with Crippen molar-refractivity contribution in [3.05, 3.63) is 33.9 Å². The molecule has 0 atom stereocenters. The smallest absolute Gasteiger partial charge is 0.258 e. The highest BCUT2D eigenvalue weighted by atomic mass is 32.2. The molecule has 1 aromatic rings. The summed E-state index contributed by atoms with van der Waals surface area (Å²) in [7, 11) is -3.83. The molecule has 0 fully saturated rings. The first-order valence-electron chi connectivity index (χ1n) is 5.96. The third kappa shape index (κ3) is 3.31. The molecule has 0 radical (unpaired) electrons. The fourth-order valence-corrected chi connectivity index (χ4v) is 3.44. The van der Waals surface area contributed by atoms with Gasteiger partial charge in [0.05, 0.1) is 15.9 Å². The van der Waals surface area contributed by atoms with Crippen LogP contribution in [0.3, 0.4) is 0 Å². The Labute approximate surface area is 117 Å². The minimum atomic E-state index is -3.83. The summed E-state index contributed by atoms with van der Waals surface area (Å²) in [5.41, 5.74) is 0.163. The Morgan fingerprint density at radius 3 is 2.60 bits per heavy atom. The highest BCUT2D eigenvalue weighted by Crippen LogP contribution is 2.24. The van der Waals surface area contributed by atoms with Gasteiger partial charge in [0, 0.05) is 31.6 Å². The number of nitro benzene ring substituents is 1. The number of benzene rings is 1. The Morgan fingerprint density at radius 1 is 1.45 bits per heavy atom. The number of rotatable bonds is 6. The van der Waals surface area contributed by atoms with E-state index in [1.807, 2.05) is 6.07 Å². The normalized spacial score (nSPS) is 11.3. The van der Waals surface area contributed by atoms with Crippen molar-refractivity contribution >= 4 is 15.7 Å². The summed E-state index contributed by atoms with van der Waals surface area (Å²) < 4.78 is 26.1. The molecule has 8 heteroatoms. The molecule has 0 saturated heterocycles. The number of nitro groups is 1. The maximum atomic E-state index is 12.5. The average molecular weight is 297 g/mol. The third-order valence-corrected chi connectivity index (χ3v) is 4.94. The molecule has 1 aromatic carbocycles. The van der Waals surface area contributed by atoms with E-state index in [1.165, 1.54) is 12.1 Å². The summed E-state index contributed by atoms with van der Waals surface area (Å²) >= 11 is 0. The molecule has 0 amide bonds. The van der Waals surface area contributed by atoms with E-state index in [4.69, 9.17) is 5.26 Å². The molecule has 0 aliphatic carbocycles. The Hall–Kier alpha value is -1.98. The monoisotopic (exact) mass is 297 g/mol. The number of non-ortho nitro benzene ring substituents is 1. The zero-order chi connectivity index (χ0) is 15.3. The Bertz CT molecular complexity index is 649. The van der Waals surface area contributed by atoms with Gasteiger partial charge < -0.3 is 0 Å². The van der Waals surface area contributed by atoms with Gasteiger partial charge in [0.2, 0.25) is 10.0 Å². The average Bonchev–Trinajstić information content (AvgIpc) is 2.39. The SMILES string of the molecule is CCN(CCC#N)S(=O)(=O)c1cc([N+](=O)[O-])ccc1C. The van der Waals surface area contributed by atoms with Crippen molar-refractivity contribution in [3.8, 4) is 6.07 Å². The quantitative estimate of drug-likeness (QED) is 0.588. The van der Waals surface area contributed by atoms with Crippen LogP contribution in [0.1, 0.15) is 18.9 Å². The number of hydrogen-bond acceptors (Lipinski definition) is 5. The number of sulfonamides is 1. The molecule has 0 N–H and O–H groups in total. The molecule has 0 aliphatic rings. The van der Waals surface area contributed by atoms with Crippen LogP contribution in [-0.4, -0.2) is 30.7 Å². The molecule has 108 valence electrons. The van der Waals surface area contributed by atoms with Crippen molar-refractivity contribution in [1.29, 1.82) is 5.26 Å². The fraction of sp³-hybridized carbons (Fsp3) is 0.417. The van der Waals surface area contributed by atoms with Crippen molar-refractivity contribution in [2.75, 3.05) is 13.1 Å². The molecule has 0 bridgehead atoms. The van der Waals surface area contributed by atoms with Gasteiger partial charge in [-0.15, -0.1) is 0 Å². The molecule has 0 aliphatic heterocycles. The largest absolute Gasteiger partial charge is 0.270 e. The Morgan fingerprint density at radius 2 is 2.10 bits per heavy atom. The summed E-state index contributed by atoms with van der Waals surface area (Å²) in [6, 6.07) is 5.61. The van der Waals surface area contributed by atoms with E-state index >= 15 is 0 Å². The lowest BCUT2D eigenvalue weighted by molar-refractivity contribution is -0.385. The lowest BCUT2D eigenvalue weighted by Gasteiger charge is -2.20. The zero-order valence-corrected chi connectivity index (χ0v) is 12.1. The molecule has 0 saturated carbocycles. The molecule has 7 nitrogen and oxygen atoms in total. The van der Waals surface area contributed by atoms with Gasteiger partial charge >= 0.3 is 0 Å². The van der Waals surface area contributed by atoms with Crippen LogP contribution in [-0.2, 0) is 10.0 Å². The van der Waals surface area contributed by atoms with Gasteiger partial charge in [0.25, 0.3) is 5.69 Å². The van der Waals surface area contributed by atoms with Crippen molar-refractivity contribution in [3.63, 3.8) is 0 Å². The lowest BCUT2D eigenvalue weighted by Crippen LogP contribution is -2.32. The number of nitrogens with zero attached hydrogens (tertiary/aromatic N) is 3. The van der Waals surface area contributed by atoms with Crippen LogP contribution in [0.5, 0.6) is 0 Å². The molecule has 0 spiro atoms. The molecule has 1 rings (SSSR count). The van der Waals surface area contributed by atoms with Crippen molar-refractivity contribution in [2.24, 2.45) is 0 Å². The second-order valence-electron chi connectivity index (χ2n) is 4.11. The van der Waals surface area contributed by atoms with E-state index in [0.29, 0.717) is 5.56 Å². The first-order chi connectivity index (χ1) is 9.34. The molecule has 0 heterocycles. The first-order valence-corrected chi connectivity index (χ1v) is 7.40. The summed E-state index contributed by atoms with van der Waals surface area (Å²) in [5, 5.41) is 19.3. The van der Waals surface area contributed by atoms with Gasteiger partial charge in [0.15, 0.2) is 0 Å². The van der Waals surface area contributed by atoms with Gasteiger partial charge in [0.1, 0.15) is 0 Å².